The molecule has 0 aromatic carbocycles. The smallest absolute Gasteiger partial charge is 0.0664 e. The van der Waals surface area contributed by atoms with Gasteiger partial charge in [0.1, 0.15) is 0 Å². The Hall–Kier alpha value is -0.930. The summed E-state index contributed by atoms with van der Waals surface area (Å²) in [5.74, 6) is 0. The third kappa shape index (κ3) is 3.91. The van der Waals surface area contributed by atoms with Crippen LogP contribution >= 0.6 is 0 Å². The van der Waals surface area contributed by atoms with Gasteiger partial charge in [-0.1, -0.05) is 13.3 Å². The lowest BCUT2D eigenvalue weighted by molar-refractivity contribution is 0.157. The Morgan fingerprint density at radius 3 is 2.88 bits per heavy atom. The van der Waals surface area contributed by atoms with Crippen molar-refractivity contribution in [2.75, 3.05) is 6.54 Å². The van der Waals surface area contributed by atoms with Crippen LogP contribution in [0.5, 0.6) is 0 Å². The van der Waals surface area contributed by atoms with Crippen LogP contribution in [0, 0.1) is 6.92 Å². The number of nitrogens with zero attached hydrogens (tertiary/aromatic N) is 1. The van der Waals surface area contributed by atoms with Crippen LogP contribution in [-0.4, -0.2) is 22.7 Å². The third-order valence-corrected chi connectivity index (χ3v) is 2.83. The molecule has 2 unspecified atom stereocenters. The van der Waals surface area contributed by atoms with Gasteiger partial charge in [0.2, 0.25) is 0 Å². The van der Waals surface area contributed by atoms with Crippen LogP contribution in [0.3, 0.4) is 0 Å². The van der Waals surface area contributed by atoms with E-state index in [0.29, 0.717) is 6.54 Å². The summed E-state index contributed by atoms with van der Waals surface area (Å²) in [6.45, 7) is 6.90. The highest BCUT2D eigenvalue weighted by atomic mass is 16.3. The zero-order chi connectivity index (χ0) is 12.0. The van der Waals surface area contributed by atoms with Gasteiger partial charge in [0.15, 0.2) is 0 Å². The van der Waals surface area contributed by atoms with Crippen LogP contribution in [0.2, 0.25) is 0 Å². The van der Waals surface area contributed by atoms with Gasteiger partial charge in [0, 0.05) is 25.0 Å². The molecule has 0 bridgehead atoms. The lowest BCUT2D eigenvalue weighted by Crippen LogP contribution is -2.29. The number of aliphatic hydroxyl groups excluding tert-OH is 1. The van der Waals surface area contributed by atoms with E-state index in [1.165, 1.54) is 11.1 Å². The number of pyridine rings is 1. The van der Waals surface area contributed by atoms with Crippen molar-refractivity contribution in [3.63, 3.8) is 0 Å². The predicted octanol–water partition coefficient (Wildman–Crippen LogP) is 2.20. The summed E-state index contributed by atoms with van der Waals surface area (Å²) < 4.78 is 0. The van der Waals surface area contributed by atoms with Crippen molar-refractivity contribution in [1.82, 2.24) is 10.3 Å². The van der Waals surface area contributed by atoms with Gasteiger partial charge in [-0.25, -0.2) is 0 Å². The molecule has 2 atom stereocenters. The van der Waals surface area contributed by atoms with E-state index in [0.717, 1.165) is 12.8 Å². The van der Waals surface area contributed by atoms with Crippen LogP contribution in [-0.2, 0) is 0 Å². The fourth-order valence-electron chi connectivity index (χ4n) is 1.79. The highest BCUT2D eigenvalue weighted by Gasteiger charge is 2.09. The summed E-state index contributed by atoms with van der Waals surface area (Å²) in [7, 11) is 0. The van der Waals surface area contributed by atoms with Crippen molar-refractivity contribution in [1.29, 1.82) is 0 Å². The first-order valence-corrected chi connectivity index (χ1v) is 5.97. The molecule has 0 spiro atoms. The molecule has 3 heteroatoms. The van der Waals surface area contributed by atoms with Crippen LogP contribution in [0.4, 0.5) is 0 Å². The minimum absolute atomic E-state index is 0.236. The number of nitrogens with one attached hydrogen (secondary N) is 1. The van der Waals surface area contributed by atoms with Crippen molar-refractivity contribution in [2.45, 2.75) is 45.8 Å². The summed E-state index contributed by atoms with van der Waals surface area (Å²) in [6.07, 6.45) is 5.32. The molecule has 90 valence electrons. The SMILES string of the molecule is CCCC(O)CNC(C)c1cnccc1C. The van der Waals surface area contributed by atoms with Crippen molar-refractivity contribution < 1.29 is 5.11 Å². The first kappa shape index (κ1) is 13.1. The zero-order valence-electron chi connectivity index (χ0n) is 10.4. The van der Waals surface area contributed by atoms with Gasteiger partial charge in [-0.15, -0.1) is 0 Å². The Bertz CT molecular complexity index is 315. The van der Waals surface area contributed by atoms with Gasteiger partial charge in [0.25, 0.3) is 0 Å². The molecular formula is C13H22N2O. The average Bonchev–Trinajstić information content (AvgIpc) is 2.27. The molecule has 1 aromatic rings. The number of hydrogen-bond donors (Lipinski definition) is 2. The number of aliphatic hydroxyl groups is 1. The fraction of sp³-hybridized carbons (Fsp3) is 0.615. The summed E-state index contributed by atoms with van der Waals surface area (Å²) in [6, 6.07) is 2.25. The zero-order valence-corrected chi connectivity index (χ0v) is 10.4. The van der Waals surface area contributed by atoms with E-state index in [4.69, 9.17) is 0 Å². The Labute approximate surface area is 97.9 Å². The molecule has 3 nitrogen and oxygen atoms in total. The summed E-state index contributed by atoms with van der Waals surface area (Å²) in [4.78, 5) is 4.13. The molecule has 2 N–H and O–H groups in total. The molecule has 1 heterocycles. The van der Waals surface area contributed by atoms with E-state index in [9.17, 15) is 5.11 Å². The first-order valence-electron chi connectivity index (χ1n) is 5.97. The van der Waals surface area contributed by atoms with Gasteiger partial charge in [0.05, 0.1) is 6.10 Å². The first-order chi connectivity index (χ1) is 7.65. The molecule has 1 rings (SSSR count). The van der Waals surface area contributed by atoms with E-state index >= 15 is 0 Å². The van der Waals surface area contributed by atoms with Gasteiger partial charge >= 0.3 is 0 Å². The monoisotopic (exact) mass is 222 g/mol. The van der Waals surface area contributed by atoms with E-state index < -0.39 is 0 Å². The molecule has 0 amide bonds. The maximum absolute atomic E-state index is 9.64. The second kappa shape index (κ2) is 6.61. The lowest BCUT2D eigenvalue weighted by Gasteiger charge is -2.18. The molecular weight excluding hydrogens is 200 g/mol. The molecule has 0 saturated carbocycles. The van der Waals surface area contributed by atoms with Gasteiger partial charge < -0.3 is 10.4 Å². The van der Waals surface area contributed by atoms with E-state index in [1.807, 2.05) is 12.3 Å². The summed E-state index contributed by atoms with van der Waals surface area (Å²) in [5, 5.41) is 13.0. The Morgan fingerprint density at radius 1 is 1.50 bits per heavy atom. The Kier molecular flexibility index (Phi) is 5.43. The van der Waals surface area contributed by atoms with E-state index in [-0.39, 0.29) is 12.1 Å². The minimum atomic E-state index is -0.246. The van der Waals surface area contributed by atoms with Gasteiger partial charge in [-0.2, -0.15) is 0 Å². The van der Waals surface area contributed by atoms with E-state index in [2.05, 4.69) is 31.1 Å². The predicted molar refractivity (Wildman–Crippen MR) is 66.3 cm³/mol. The molecule has 0 saturated heterocycles. The third-order valence-electron chi connectivity index (χ3n) is 2.83. The highest BCUT2D eigenvalue weighted by molar-refractivity contribution is 5.24. The van der Waals surface area contributed by atoms with Crippen molar-refractivity contribution >= 4 is 0 Å². The standard InChI is InChI=1S/C13H22N2O/c1-4-5-12(16)8-15-11(3)13-9-14-7-6-10(13)2/h6-7,9,11-12,15-16H,4-5,8H2,1-3H3. The molecule has 0 fully saturated rings. The lowest BCUT2D eigenvalue weighted by atomic mass is 10.1. The van der Waals surface area contributed by atoms with Crippen LogP contribution in [0.15, 0.2) is 18.5 Å². The van der Waals surface area contributed by atoms with Crippen LogP contribution in [0.25, 0.3) is 0 Å². The molecule has 0 radical (unpaired) electrons. The van der Waals surface area contributed by atoms with Crippen LogP contribution in [0.1, 0.15) is 43.9 Å². The Balaban J connectivity index is 2.46. The minimum Gasteiger partial charge on any atom is -0.392 e. The summed E-state index contributed by atoms with van der Waals surface area (Å²) >= 11 is 0. The van der Waals surface area contributed by atoms with Gasteiger partial charge in [-0.3, -0.25) is 4.98 Å². The largest absolute Gasteiger partial charge is 0.392 e. The normalized spacial score (nSPS) is 14.8. The number of rotatable bonds is 6. The number of aryl methyl sites for hydroxylation is 1. The topological polar surface area (TPSA) is 45.1 Å². The molecule has 0 aliphatic carbocycles. The molecule has 0 aliphatic heterocycles. The summed E-state index contributed by atoms with van der Waals surface area (Å²) in [5.41, 5.74) is 2.44. The maximum Gasteiger partial charge on any atom is 0.0664 e. The Morgan fingerprint density at radius 2 is 2.25 bits per heavy atom. The molecule has 0 aliphatic rings. The number of hydrogen-bond acceptors (Lipinski definition) is 3. The fourth-order valence-corrected chi connectivity index (χ4v) is 1.79. The van der Waals surface area contributed by atoms with Crippen molar-refractivity contribution in [2.24, 2.45) is 0 Å². The molecule has 1 aromatic heterocycles. The maximum atomic E-state index is 9.64. The second-order valence-corrected chi connectivity index (χ2v) is 4.30. The highest BCUT2D eigenvalue weighted by Crippen LogP contribution is 2.15. The van der Waals surface area contributed by atoms with Crippen molar-refractivity contribution in [3.05, 3.63) is 29.6 Å². The van der Waals surface area contributed by atoms with Crippen LogP contribution < -0.4 is 5.32 Å². The van der Waals surface area contributed by atoms with E-state index in [1.54, 1.807) is 6.20 Å². The number of aromatic nitrogens is 1. The average molecular weight is 222 g/mol. The van der Waals surface area contributed by atoms with Gasteiger partial charge in [-0.05, 0) is 37.5 Å². The quantitative estimate of drug-likeness (QED) is 0.775. The van der Waals surface area contributed by atoms with Crippen molar-refractivity contribution in [3.8, 4) is 0 Å². The second-order valence-electron chi connectivity index (χ2n) is 4.30. The molecule has 16 heavy (non-hydrogen) atoms.